The van der Waals surface area contributed by atoms with E-state index < -0.39 is 0 Å². The molecule has 1 saturated heterocycles. The van der Waals surface area contributed by atoms with E-state index in [1.807, 2.05) is 22.6 Å². The van der Waals surface area contributed by atoms with Crippen molar-refractivity contribution in [1.82, 2.24) is 24.2 Å². The number of nitrogens with two attached hydrogens (primary N) is 1. The highest BCUT2D eigenvalue weighted by molar-refractivity contribution is 5.92. The van der Waals surface area contributed by atoms with Gasteiger partial charge in [-0.3, -0.25) is 14.3 Å². The summed E-state index contributed by atoms with van der Waals surface area (Å²) in [7, 11) is 1.82. The van der Waals surface area contributed by atoms with Gasteiger partial charge in [0.2, 0.25) is 5.91 Å². The van der Waals surface area contributed by atoms with Crippen LogP contribution in [0.5, 0.6) is 0 Å². The second-order valence-corrected chi connectivity index (χ2v) is 7.69. The van der Waals surface area contributed by atoms with Gasteiger partial charge in [0.15, 0.2) is 0 Å². The number of aryl methyl sites for hydroxylation is 1. The maximum atomic E-state index is 12.9. The van der Waals surface area contributed by atoms with Gasteiger partial charge in [0.05, 0.1) is 5.69 Å². The fourth-order valence-corrected chi connectivity index (χ4v) is 3.73. The molecule has 0 unspecified atom stereocenters. The second kappa shape index (κ2) is 7.94. The molecule has 0 atom stereocenters. The molecule has 3 heterocycles. The van der Waals surface area contributed by atoms with Crippen LogP contribution in [-0.4, -0.2) is 49.1 Å². The third kappa shape index (κ3) is 4.37. The number of carbonyl (C=O) groups is 2. The van der Waals surface area contributed by atoms with E-state index in [0.717, 1.165) is 30.8 Å². The van der Waals surface area contributed by atoms with Gasteiger partial charge < -0.3 is 15.2 Å². The van der Waals surface area contributed by atoms with Gasteiger partial charge in [0.25, 0.3) is 5.91 Å². The van der Waals surface area contributed by atoms with Gasteiger partial charge in [-0.1, -0.05) is 13.8 Å². The van der Waals surface area contributed by atoms with E-state index in [9.17, 15) is 9.59 Å². The Morgan fingerprint density at radius 1 is 1.30 bits per heavy atom. The van der Waals surface area contributed by atoms with Crippen LogP contribution in [0.1, 0.15) is 54.6 Å². The minimum atomic E-state index is -0.379. The smallest absolute Gasteiger partial charge is 0.272 e. The summed E-state index contributed by atoms with van der Waals surface area (Å²) in [5, 5.41) is 4.47. The Hall–Kier alpha value is -2.64. The highest BCUT2D eigenvalue weighted by Crippen LogP contribution is 2.27. The van der Waals surface area contributed by atoms with Crippen LogP contribution in [0.25, 0.3) is 0 Å². The summed E-state index contributed by atoms with van der Waals surface area (Å²) in [5.41, 5.74) is 6.90. The van der Waals surface area contributed by atoms with Crippen LogP contribution in [-0.2, 0) is 24.8 Å². The number of hydrogen-bond acceptors (Lipinski definition) is 4. The van der Waals surface area contributed by atoms with Crippen LogP contribution in [0.2, 0.25) is 0 Å². The van der Waals surface area contributed by atoms with Crippen molar-refractivity contribution in [3.63, 3.8) is 0 Å². The zero-order valence-electron chi connectivity index (χ0n) is 16.3. The molecule has 2 amide bonds. The summed E-state index contributed by atoms with van der Waals surface area (Å²) in [6.45, 7) is 5.75. The third-order valence-corrected chi connectivity index (χ3v) is 4.99. The van der Waals surface area contributed by atoms with E-state index in [4.69, 9.17) is 5.73 Å². The molecule has 8 heteroatoms. The van der Waals surface area contributed by atoms with Crippen LogP contribution in [0, 0.1) is 5.92 Å². The Balaban J connectivity index is 1.64. The lowest BCUT2D eigenvalue weighted by molar-refractivity contribution is -0.118. The molecule has 2 aromatic rings. The van der Waals surface area contributed by atoms with Gasteiger partial charge in [-0.05, 0) is 31.2 Å². The normalized spacial score (nSPS) is 15.5. The topological polar surface area (TPSA) is 99.0 Å². The molecule has 27 heavy (non-hydrogen) atoms. The number of hydrogen-bond donors (Lipinski definition) is 1. The summed E-state index contributed by atoms with van der Waals surface area (Å²) in [4.78, 5) is 30.4. The quantitative estimate of drug-likeness (QED) is 0.827. The minimum Gasteiger partial charge on any atom is -0.368 e. The number of primary amides is 1. The molecule has 0 aliphatic carbocycles. The SMILES string of the molecule is CC(C)Cc1cc(C(=O)N2CCC(c3nccn3CC(N)=O)CC2)n(C)n1. The Kier molecular flexibility index (Phi) is 5.62. The Morgan fingerprint density at radius 3 is 2.63 bits per heavy atom. The molecule has 0 spiro atoms. The fourth-order valence-electron chi connectivity index (χ4n) is 3.73. The van der Waals surface area contributed by atoms with Gasteiger partial charge in [-0.2, -0.15) is 5.10 Å². The van der Waals surface area contributed by atoms with Crippen LogP contribution in [0.4, 0.5) is 0 Å². The number of rotatable bonds is 6. The minimum absolute atomic E-state index is 0.0268. The second-order valence-electron chi connectivity index (χ2n) is 7.69. The molecule has 2 N–H and O–H groups in total. The monoisotopic (exact) mass is 372 g/mol. The zero-order chi connectivity index (χ0) is 19.6. The number of likely N-dealkylation sites (tertiary alicyclic amines) is 1. The highest BCUT2D eigenvalue weighted by Gasteiger charge is 2.28. The van der Waals surface area contributed by atoms with E-state index >= 15 is 0 Å². The van der Waals surface area contributed by atoms with Gasteiger partial charge >= 0.3 is 0 Å². The number of aromatic nitrogens is 4. The fraction of sp³-hybridized carbons (Fsp3) is 0.579. The van der Waals surface area contributed by atoms with Crippen molar-refractivity contribution in [3.05, 3.63) is 35.7 Å². The van der Waals surface area contributed by atoms with Gasteiger partial charge in [0.1, 0.15) is 18.1 Å². The molecule has 146 valence electrons. The van der Waals surface area contributed by atoms with Crippen molar-refractivity contribution in [3.8, 4) is 0 Å². The Bertz CT molecular complexity index is 814. The standard InChI is InChI=1S/C19H28N6O2/c1-13(2)10-15-11-16(23(3)22-15)19(27)24-7-4-14(5-8-24)18-21-6-9-25(18)12-17(20)26/h6,9,11,13-14H,4-5,7-8,10,12H2,1-3H3,(H2,20,26). The summed E-state index contributed by atoms with van der Waals surface area (Å²) in [6.07, 6.45) is 5.98. The van der Waals surface area contributed by atoms with E-state index in [1.54, 1.807) is 17.1 Å². The molecule has 1 fully saturated rings. The van der Waals surface area contributed by atoms with E-state index in [0.29, 0.717) is 24.7 Å². The van der Waals surface area contributed by atoms with Gasteiger partial charge in [-0.15, -0.1) is 0 Å². The van der Waals surface area contributed by atoms with Crippen molar-refractivity contribution in [2.45, 2.75) is 45.6 Å². The van der Waals surface area contributed by atoms with Gasteiger partial charge in [0, 0.05) is 38.4 Å². The highest BCUT2D eigenvalue weighted by atomic mass is 16.2. The molecule has 3 rings (SSSR count). The number of imidazole rings is 1. The van der Waals surface area contributed by atoms with Crippen molar-refractivity contribution in [2.24, 2.45) is 18.7 Å². The molecular weight excluding hydrogens is 344 g/mol. The molecule has 1 aliphatic rings. The number of amides is 2. The molecule has 0 saturated carbocycles. The number of nitrogens with zero attached hydrogens (tertiary/aromatic N) is 5. The Labute approximate surface area is 159 Å². The molecule has 8 nitrogen and oxygen atoms in total. The van der Waals surface area contributed by atoms with Gasteiger partial charge in [-0.25, -0.2) is 4.98 Å². The first-order valence-corrected chi connectivity index (χ1v) is 9.46. The maximum absolute atomic E-state index is 12.9. The Morgan fingerprint density at radius 2 is 2.00 bits per heavy atom. The van der Waals surface area contributed by atoms with E-state index in [2.05, 4.69) is 23.9 Å². The predicted molar refractivity (Wildman–Crippen MR) is 101 cm³/mol. The molecule has 1 aliphatic heterocycles. The lowest BCUT2D eigenvalue weighted by Gasteiger charge is -2.31. The lowest BCUT2D eigenvalue weighted by atomic mass is 9.95. The predicted octanol–water partition coefficient (Wildman–Crippen LogP) is 1.32. The molecular formula is C19H28N6O2. The van der Waals surface area contributed by atoms with Crippen molar-refractivity contribution >= 4 is 11.8 Å². The molecule has 2 aromatic heterocycles. The van der Waals surface area contributed by atoms with E-state index in [1.165, 1.54) is 0 Å². The van der Waals surface area contributed by atoms with Crippen molar-refractivity contribution in [1.29, 1.82) is 0 Å². The summed E-state index contributed by atoms with van der Waals surface area (Å²) in [6, 6.07) is 1.91. The summed E-state index contributed by atoms with van der Waals surface area (Å²) in [5.74, 6) is 1.25. The average molecular weight is 372 g/mol. The number of piperidine rings is 1. The molecule has 0 aromatic carbocycles. The summed E-state index contributed by atoms with van der Waals surface area (Å²) < 4.78 is 3.50. The van der Waals surface area contributed by atoms with Crippen molar-refractivity contribution < 1.29 is 9.59 Å². The summed E-state index contributed by atoms with van der Waals surface area (Å²) >= 11 is 0. The lowest BCUT2D eigenvalue weighted by Crippen LogP contribution is -2.39. The van der Waals surface area contributed by atoms with Crippen LogP contribution >= 0.6 is 0 Å². The zero-order valence-corrected chi connectivity index (χ0v) is 16.3. The molecule has 0 bridgehead atoms. The average Bonchev–Trinajstić information content (AvgIpc) is 3.20. The largest absolute Gasteiger partial charge is 0.368 e. The third-order valence-electron chi connectivity index (χ3n) is 4.99. The first kappa shape index (κ1) is 19.1. The maximum Gasteiger partial charge on any atom is 0.272 e. The van der Waals surface area contributed by atoms with Crippen LogP contribution in [0.3, 0.4) is 0 Å². The van der Waals surface area contributed by atoms with E-state index in [-0.39, 0.29) is 24.3 Å². The first-order chi connectivity index (χ1) is 12.8. The molecule has 0 radical (unpaired) electrons. The van der Waals surface area contributed by atoms with Crippen molar-refractivity contribution in [2.75, 3.05) is 13.1 Å². The first-order valence-electron chi connectivity index (χ1n) is 9.46. The van der Waals surface area contributed by atoms with Crippen LogP contribution in [0.15, 0.2) is 18.5 Å². The van der Waals surface area contributed by atoms with Crippen LogP contribution < -0.4 is 5.73 Å². The number of carbonyl (C=O) groups excluding carboxylic acids is 2.